The molecule has 0 bridgehead atoms. The topological polar surface area (TPSA) is 73.2 Å². The molecule has 0 radical (unpaired) electrons. The summed E-state index contributed by atoms with van der Waals surface area (Å²) in [5.74, 6) is 1.09. The molecule has 162 valence electrons. The summed E-state index contributed by atoms with van der Waals surface area (Å²) < 4.78 is 5.84. The van der Waals surface area contributed by atoms with E-state index in [0.717, 1.165) is 40.7 Å². The summed E-state index contributed by atoms with van der Waals surface area (Å²) in [6, 6.07) is 19.3. The van der Waals surface area contributed by atoms with Crippen molar-refractivity contribution < 1.29 is 19.7 Å². The maximum Gasteiger partial charge on any atom is 0.219 e. The number of ether oxygens (including phenoxy) is 1. The van der Waals surface area contributed by atoms with Gasteiger partial charge in [0.2, 0.25) is 5.91 Å². The molecule has 1 aliphatic rings. The van der Waals surface area contributed by atoms with Crippen molar-refractivity contribution >= 4 is 16.7 Å². The molecule has 3 aromatic rings. The van der Waals surface area contributed by atoms with E-state index in [-0.39, 0.29) is 18.3 Å². The number of fused-ring (bicyclic) bond motifs is 1. The molecule has 6 heteroatoms. The number of amides is 1. The van der Waals surface area contributed by atoms with Crippen LogP contribution in [-0.2, 0) is 4.79 Å². The molecule has 1 atom stereocenters. The van der Waals surface area contributed by atoms with E-state index in [2.05, 4.69) is 17.0 Å². The molecule has 1 amide bonds. The molecule has 0 aliphatic carbocycles. The molecule has 1 unspecified atom stereocenters. The third kappa shape index (κ3) is 5.34. The van der Waals surface area contributed by atoms with E-state index >= 15 is 0 Å². The van der Waals surface area contributed by atoms with Crippen molar-refractivity contribution in [2.75, 3.05) is 39.3 Å². The van der Waals surface area contributed by atoms with E-state index in [1.807, 2.05) is 41.3 Å². The zero-order valence-electron chi connectivity index (χ0n) is 17.7. The Balaban J connectivity index is 1.33. The number of phenols is 1. The number of hydrogen-bond acceptors (Lipinski definition) is 5. The molecule has 1 saturated heterocycles. The Labute approximate surface area is 182 Å². The molecule has 0 aromatic heterocycles. The first kappa shape index (κ1) is 21.2. The van der Waals surface area contributed by atoms with Crippen LogP contribution in [0.5, 0.6) is 11.5 Å². The lowest BCUT2D eigenvalue weighted by atomic mass is 10.0. The third-order valence-corrected chi connectivity index (χ3v) is 5.74. The van der Waals surface area contributed by atoms with Crippen LogP contribution < -0.4 is 4.74 Å². The maximum atomic E-state index is 11.4. The van der Waals surface area contributed by atoms with Gasteiger partial charge in [-0.15, -0.1) is 0 Å². The Morgan fingerprint density at radius 2 is 1.58 bits per heavy atom. The summed E-state index contributed by atoms with van der Waals surface area (Å²) in [5.41, 5.74) is 2.13. The highest BCUT2D eigenvalue weighted by molar-refractivity contribution is 5.88. The standard InChI is InChI=1S/C25H28N2O4/c1-18(28)27-12-10-26(11-13-27)16-24(30)17-31-25-9-6-21-14-20(2-3-22(21)15-25)19-4-7-23(29)8-5-19/h2-9,14-15,24,29-30H,10-13,16-17H2,1H3. The molecular formula is C25H28N2O4. The molecule has 0 saturated carbocycles. The van der Waals surface area contributed by atoms with E-state index < -0.39 is 6.10 Å². The lowest BCUT2D eigenvalue weighted by molar-refractivity contribution is -0.130. The van der Waals surface area contributed by atoms with Crippen molar-refractivity contribution in [3.8, 4) is 22.6 Å². The van der Waals surface area contributed by atoms with Crippen LogP contribution in [0.1, 0.15) is 6.92 Å². The lowest BCUT2D eigenvalue weighted by Gasteiger charge is -2.35. The highest BCUT2D eigenvalue weighted by Crippen LogP contribution is 2.28. The number of piperazine rings is 1. The van der Waals surface area contributed by atoms with Crippen LogP contribution in [0.2, 0.25) is 0 Å². The summed E-state index contributed by atoms with van der Waals surface area (Å²) in [5, 5.41) is 22.0. The van der Waals surface area contributed by atoms with Crippen LogP contribution in [-0.4, -0.2) is 71.4 Å². The minimum absolute atomic E-state index is 0.107. The maximum absolute atomic E-state index is 11.4. The van der Waals surface area contributed by atoms with Gasteiger partial charge >= 0.3 is 0 Å². The van der Waals surface area contributed by atoms with Crippen LogP contribution in [0.25, 0.3) is 21.9 Å². The van der Waals surface area contributed by atoms with Gasteiger partial charge in [0.1, 0.15) is 24.2 Å². The second-order valence-electron chi connectivity index (χ2n) is 8.04. The Kier molecular flexibility index (Phi) is 6.39. The number of phenolic OH excluding ortho intramolecular Hbond substituents is 1. The monoisotopic (exact) mass is 420 g/mol. The first-order valence-electron chi connectivity index (χ1n) is 10.6. The highest BCUT2D eigenvalue weighted by atomic mass is 16.5. The molecule has 1 heterocycles. The molecule has 31 heavy (non-hydrogen) atoms. The van der Waals surface area contributed by atoms with Gasteiger partial charge in [-0.2, -0.15) is 0 Å². The number of aliphatic hydroxyl groups is 1. The predicted octanol–water partition coefficient (Wildman–Crippen LogP) is 3.12. The lowest BCUT2D eigenvalue weighted by Crippen LogP contribution is -2.50. The Morgan fingerprint density at radius 1 is 0.935 bits per heavy atom. The second kappa shape index (κ2) is 9.37. The Bertz CT molecular complexity index is 1040. The van der Waals surface area contributed by atoms with Crippen LogP contribution in [0, 0.1) is 0 Å². The Hall–Kier alpha value is -3.09. The highest BCUT2D eigenvalue weighted by Gasteiger charge is 2.20. The van der Waals surface area contributed by atoms with Crippen molar-refractivity contribution in [2.24, 2.45) is 0 Å². The zero-order chi connectivity index (χ0) is 21.8. The van der Waals surface area contributed by atoms with Crippen molar-refractivity contribution in [1.29, 1.82) is 0 Å². The molecule has 1 fully saturated rings. The fourth-order valence-electron chi connectivity index (χ4n) is 3.94. The van der Waals surface area contributed by atoms with E-state index in [1.54, 1.807) is 19.1 Å². The van der Waals surface area contributed by atoms with Crippen molar-refractivity contribution in [3.05, 3.63) is 60.7 Å². The molecule has 3 aromatic carbocycles. The summed E-state index contributed by atoms with van der Waals surface area (Å²) in [6.45, 7) is 5.32. The summed E-state index contributed by atoms with van der Waals surface area (Å²) in [7, 11) is 0. The number of carbonyl (C=O) groups is 1. The predicted molar refractivity (Wildman–Crippen MR) is 121 cm³/mol. The van der Waals surface area contributed by atoms with Gasteiger partial charge in [0.05, 0.1) is 0 Å². The minimum Gasteiger partial charge on any atom is -0.508 e. The van der Waals surface area contributed by atoms with Gasteiger partial charge in [0.15, 0.2) is 0 Å². The van der Waals surface area contributed by atoms with Crippen LogP contribution in [0.3, 0.4) is 0 Å². The number of benzene rings is 3. The fraction of sp³-hybridized carbons (Fsp3) is 0.320. The third-order valence-electron chi connectivity index (χ3n) is 5.74. The van der Waals surface area contributed by atoms with E-state index in [9.17, 15) is 15.0 Å². The number of aromatic hydroxyl groups is 1. The average molecular weight is 421 g/mol. The Morgan fingerprint density at radius 3 is 2.29 bits per heavy atom. The average Bonchev–Trinajstić information content (AvgIpc) is 2.78. The molecule has 6 nitrogen and oxygen atoms in total. The molecule has 2 N–H and O–H groups in total. The van der Waals surface area contributed by atoms with Gasteiger partial charge in [0.25, 0.3) is 0 Å². The number of carbonyl (C=O) groups excluding carboxylic acids is 1. The molecule has 1 aliphatic heterocycles. The fourth-order valence-corrected chi connectivity index (χ4v) is 3.94. The van der Waals surface area contributed by atoms with Gasteiger partial charge in [-0.25, -0.2) is 0 Å². The first-order valence-corrected chi connectivity index (χ1v) is 10.6. The summed E-state index contributed by atoms with van der Waals surface area (Å²) in [6.07, 6.45) is -0.587. The summed E-state index contributed by atoms with van der Waals surface area (Å²) in [4.78, 5) is 15.4. The smallest absolute Gasteiger partial charge is 0.219 e. The molecule has 4 rings (SSSR count). The first-order chi connectivity index (χ1) is 15.0. The quantitative estimate of drug-likeness (QED) is 0.641. The molecular weight excluding hydrogens is 392 g/mol. The summed E-state index contributed by atoms with van der Waals surface area (Å²) >= 11 is 0. The van der Waals surface area contributed by atoms with Crippen molar-refractivity contribution in [1.82, 2.24) is 9.80 Å². The zero-order valence-corrected chi connectivity index (χ0v) is 17.7. The van der Waals surface area contributed by atoms with E-state index in [4.69, 9.17) is 4.74 Å². The van der Waals surface area contributed by atoms with Gasteiger partial charge in [-0.05, 0) is 52.2 Å². The number of β-amino-alcohol motifs (C(OH)–C–C–N with tert-alkyl or cyclic N) is 1. The largest absolute Gasteiger partial charge is 0.508 e. The van der Waals surface area contributed by atoms with Gasteiger partial charge in [-0.3, -0.25) is 9.69 Å². The van der Waals surface area contributed by atoms with Crippen molar-refractivity contribution in [3.63, 3.8) is 0 Å². The SMILES string of the molecule is CC(=O)N1CCN(CC(O)COc2ccc3cc(-c4ccc(O)cc4)ccc3c2)CC1. The van der Waals surface area contributed by atoms with Crippen LogP contribution in [0.15, 0.2) is 60.7 Å². The van der Waals surface area contributed by atoms with E-state index in [1.165, 1.54) is 0 Å². The van der Waals surface area contributed by atoms with E-state index in [0.29, 0.717) is 19.6 Å². The second-order valence-corrected chi connectivity index (χ2v) is 8.04. The van der Waals surface area contributed by atoms with Gasteiger partial charge in [0, 0.05) is 39.6 Å². The number of rotatable bonds is 6. The number of aliphatic hydroxyl groups excluding tert-OH is 1. The van der Waals surface area contributed by atoms with Crippen LogP contribution in [0.4, 0.5) is 0 Å². The number of hydrogen-bond donors (Lipinski definition) is 2. The van der Waals surface area contributed by atoms with Gasteiger partial charge in [-0.1, -0.05) is 30.3 Å². The van der Waals surface area contributed by atoms with Crippen LogP contribution >= 0.6 is 0 Å². The minimum atomic E-state index is -0.587. The van der Waals surface area contributed by atoms with Gasteiger partial charge < -0.3 is 19.8 Å². The number of nitrogens with zero attached hydrogens (tertiary/aromatic N) is 2. The van der Waals surface area contributed by atoms with Crippen molar-refractivity contribution in [2.45, 2.75) is 13.0 Å². The molecule has 0 spiro atoms. The normalized spacial score (nSPS) is 15.7.